The Morgan fingerprint density at radius 3 is 2.21 bits per heavy atom. The van der Waals surface area contributed by atoms with E-state index in [4.69, 9.17) is 21.7 Å². The summed E-state index contributed by atoms with van der Waals surface area (Å²) in [5.41, 5.74) is 9.48. The van der Waals surface area contributed by atoms with Crippen molar-refractivity contribution in [3.8, 4) is 0 Å². The van der Waals surface area contributed by atoms with E-state index in [9.17, 15) is 9.59 Å². The van der Waals surface area contributed by atoms with Gasteiger partial charge in [0.15, 0.2) is 0 Å². The van der Waals surface area contributed by atoms with Gasteiger partial charge >= 0.3 is 0 Å². The minimum absolute atomic E-state index is 0.0125. The summed E-state index contributed by atoms with van der Waals surface area (Å²) in [5, 5.41) is 17.9. The molecule has 6 N–H and O–H groups in total. The van der Waals surface area contributed by atoms with E-state index in [-0.39, 0.29) is 12.8 Å². The van der Waals surface area contributed by atoms with E-state index >= 15 is 0 Å². The summed E-state index contributed by atoms with van der Waals surface area (Å²) in [5.74, 6) is -3.07. The second kappa shape index (κ2) is 5.63. The molecule has 2 amide bonds. The van der Waals surface area contributed by atoms with Gasteiger partial charge in [-0.15, -0.1) is 0 Å². The van der Waals surface area contributed by atoms with Gasteiger partial charge in [0.05, 0.1) is 0 Å². The van der Waals surface area contributed by atoms with Gasteiger partial charge in [-0.25, -0.2) is 0 Å². The number of nitrogens with two attached hydrogens (primary N) is 2. The summed E-state index contributed by atoms with van der Waals surface area (Å²) in [6.07, 6.45) is 2.81. The molecule has 0 aliphatic heterocycles. The van der Waals surface area contributed by atoms with Crippen molar-refractivity contribution in [2.24, 2.45) is 11.5 Å². The molecule has 78 valence electrons. The molecule has 0 aromatic heterocycles. The Morgan fingerprint density at radius 2 is 1.79 bits per heavy atom. The SMILES string of the molecule is NC(=O)C=CCCC(O)=C(O)C(N)=O. The van der Waals surface area contributed by atoms with Gasteiger partial charge in [0.2, 0.25) is 11.7 Å². The number of rotatable bonds is 5. The third-order valence-corrected chi connectivity index (χ3v) is 1.34. The maximum absolute atomic E-state index is 10.3. The molecule has 0 unspecified atom stereocenters. The molecule has 6 nitrogen and oxygen atoms in total. The van der Waals surface area contributed by atoms with Gasteiger partial charge in [0, 0.05) is 6.42 Å². The highest BCUT2D eigenvalue weighted by atomic mass is 16.3. The first-order valence-electron chi connectivity index (χ1n) is 3.82. The van der Waals surface area contributed by atoms with E-state index < -0.39 is 23.3 Å². The molecule has 0 radical (unpaired) electrons. The Kier molecular flexibility index (Phi) is 4.83. The van der Waals surface area contributed by atoms with E-state index in [1.165, 1.54) is 6.08 Å². The zero-order chi connectivity index (χ0) is 11.1. The zero-order valence-corrected chi connectivity index (χ0v) is 7.43. The average molecular weight is 200 g/mol. The molecule has 0 aromatic carbocycles. The normalized spacial score (nSPS) is 12.6. The predicted octanol–water partition coefficient (Wildman–Crippen LogP) is -0.379. The fraction of sp³-hybridized carbons (Fsp3) is 0.250. The molecule has 0 aliphatic carbocycles. The van der Waals surface area contributed by atoms with E-state index in [1.54, 1.807) is 0 Å². The van der Waals surface area contributed by atoms with Gasteiger partial charge in [0.1, 0.15) is 5.76 Å². The lowest BCUT2D eigenvalue weighted by Crippen LogP contribution is -2.15. The molecule has 0 atom stereocenters. The summed E-state index contributed by atoms with van der Waals surface area (Å²) >= 11 is 0. The number of hydrogen-bond acceptors (Lipinski definition) is 4. The Morgan fingerprint density at radius 1 is 1.21 bits per heavy atom. The Labute approximate surface area is 80.5 Å². The second-order valence-corrected chi connectivity index (χ2v) is 2.50. The maximum Gasteiger partial charge on any atom is 0.287 e. The van der Waals surface area contributed by atoms with Crippen LogP contribution in [0.3, 0.4) is 0 Å². The number of aliphatic hydroxyl groups is 2. The van der Waals surface area contributed by atoms with Gasteiger partial charge in [-0.1, -0.05) is 6.08 Å². The first-order chi connectivity index (χ1) is 6.45. The number of carbonyl (C=O) groups is 2. The van der Waals surface area contributed by atoms with Crippen LogP contribution in [0.5, 0.6) is 0 Å². The van der Waals surface area contributed by atoms with Gasteiger partial charge < -0.3 is 21.7 Å². The number of amides is 2. The fourth-order valence-corrected chi connectivity index (χ4v) is 0.680. The number of hydrogen-bond donors (Lipinski definition) is 4. The van der Waals surface area contributed by atoms with Crippen molar-refractivity contribution < 1.29 is 19.8 Å². The molecule has 0 spiro atoms. The van der Waals surface area contributed by atoms with Gasteiger partial charge in [-0.3, -0.25) is 9.59 Å². The van der Waals surface area contributed by atoms with Gasteiger partial charge in [-0.2, -0.15) is 0 Å². The van der Waals surface area contributed by atoms with Crippen molar-refractivity contribution in [3.05, 3.63) is 23.7 Å². The Bertz CT molecular complexity index is 294. The molecule has 6 heteroatoms. The first-order valence-corrected chi connectivity index (χ1v) is 3.82. The van der Waals surface area contributed by atoms with E-state index in [1.807, 2.05) is 0 Å². The molecule has 0 aromatic rings. The lowest BCUT2D eigenvalue weighted by molar-refractivity contribution is -0.117. The van der Waals surface area contributed by atoms with Crippen molar-refractivity contribution >= 4 is 11.8 Å². The predicted molar refractivity (Wildman–Crippen MR) is 49.0 cm³/mol. The molecular weight excluding hydrogens is 188 g/mol. The standard InChI is InChI=1S/C8H12N2O4/c9-6(12)4-2-1-3-5(11)7(13)8(10)14/h2,4,11,13H,1,3H2,(H2,9,12)(H2,10,14). The van der Waals surface area contributed by atoms with Crippen molar-refractivity contribution in [2.75, 3.05) is 0 Å². The number of primary amides is 2. The van der Waals surface area contributed by atoms with Crippen LogP contribution in [0.25, 0.3) is 0 Å². The summed E-state index contributed by atoms with van der Waals surface area (Å²) in [7, 11) is 0. The largest absolute Gasteiger partial charge is 0.508 e. The topological polar surface area (TPSA) is 127 Å². The summed E-state index contributed by atoms with van der Waals surface area (Å²) in [4.78, 5) is 20.6. The third-order valence-electron chi connectivity index (χ3n) is 1.34. The quantitative estimate of drug-likeness (QED) is 0.356. The number of carbonyl (C=O) groups excluding carboxylic acids is 2. The minimum Gasteiger partial charge on any atom is -0.508 e. The molecule has 0 fully saturated rings. The van der Waals surface area contributed by atoms with Crippen LogP contribution in [0.4, 0.5) is 0 Å². The number of allylic oxidation sites excluding steroid dienone is 2. The lowest BCUT2D eigenvalue weighted by Gasteiger charge is -1.98. The fourth-order valence-electron chi connectivity index (χ4n) is 0.680. The third kappa shape index (κ3) is 4.81. The number of aliphatic hydroxyl groups excluding tert-OH is 2. The molecule has 0 bridgehead atoms. The molecular formula is C8H12N2O4. The summed E-state index contributed by atoms with van der Waals surface area (Å²) in [6.45, 7) is 0. The van der Waals surface area contributed by atoms with Gasteiger partial charge in [-0.05, 0) is 12.5 Å². The highest BCUT2D eigenvalue weighted by molar-refractivity contribution is 5.89. The molecule has 0 aliphatic rings. The molecule has 0 rings (SSSR count). The maximum atomic E-state index is 10.3. The molecule has 14 heavy (non-hydrogen) atoms. The molecule has 0 saturated carbocycles. The van der Waals surface area contributed by atoms with Crippen LogP contribution in [-0.4, -0.2) is 22.0 Å². The minimum atomic E-state index is -1.10. The van der Waals surface area contributed by atoms with E-state index in [2.05, 4.69) is 0 Å². The molecule has 0 saturated heterocycles. The van der Waals surface area contributed by atoms with Crippen LogP contribution in [0, 0.1) is 0 Å². The van der Waals surface area contributed by atoms with Crippen LogP contribution in [0.15, 0.2) is 23.7 Å². The van der Waals surface area contributed by atoms with E-state index in [0.717, 1.165) is 6.08 Å². The summed E-state index contributed by atoms with van der Waals surface area (Å²) in [6, 6.07) is 0. The highest BCUT2D eigenvalue weighted by Gasteiger charge is 2.08. The van der Waals surface area contributed by atoms with Crippen LogP contribution >= 0.6 is 0 Å². The Balaban J connectivity index is 4.09. The van der Waals surface area contributed by atoms with Crippen LogP contribution < -0.4 is 11.5 Å². The smallest absolute Gasteiger partial charge is 0.287 e. The second-order valence-electron chi connectivity index (χ2n) is 2.50. The van der Waals surface area contributed by atoms with Crippen molar-refractivity contribution in [1.29, 1.82) is 0 Å². The first kappa shape index (κ1) is 12.0. The monoisotopic (exact) mass is 200 g/mol. The van der Waals surface area contributed by atoms with Crippen molar-refractivity contribution in [2.45, 2.75) is 12.8 Å². The lowest BCUT2D eigenvalue weighted by atomic mass is 10.2. The van der Waals surface area contributed by atoms with Crippen molar-refractivity contribution in [3.63, 3.8) is 0 Å². The summed E-state index contributed by atoms with van der Waals surface area (Å²) < 4.78 is 0. The zero-order valence-electron chi connectivity index (χ0n) is 7.43. The Hall–Kier alpha value is -1.98. The highest BCUT2D eigenvalue weighted by Crippen LogP contribution is 2.05. The van der Waals surface area contributed by atoms with Crippen LogP contribution in [0.1, 0.15) is 12.8 Å². The average Bonchev–Trinajstić information content (AvgIpc) is 2.10. The van der Waals surface area contributed by atoms with Crippen molar-refractivity contribution in [1.82, 2.24) is 0 Å². The molecule has 0 heterocycles. The van der Waals surface area contributed by atoms with Crippen LogP contribution in [-0.2, 0) is 9.59 Å². The van der Waals surface area contributed by atoms with E-state index in [0.29, 0.717) is 0 Å². The van der Waals surface area contributed by atoms with Gasteiger partial charge in [0.25, 0.3) is 5.91 Å². The van der Waals surface area contributed by atoms with Crippen LogP contribution in [0.2, 0.25) is 0 Å².